The van der Waals surface area contributed by atoms with Crippen LogP contribution in [0.15, 0.2) is 48.8 Å². The average Bonchev–Trinajstić information content (AvgIpc) is 2.75. The molecule has 2 fully saturated rings. The summed E-state index contributed by atoms with van der Waals surface area (Å²) in [6.45, 7) is 5.92. The SMILES string of the molecule is Fc1ccc(CC[C@H]2CCCN(C3CCN(Cc4cccnc4)CC3)C2)cc1. The molecule has 3 nitrogen and oxygen atoms in total. The van der Waals surface area contributed by atoms with Crippen molar-refractivity contribution in [3.05, 3.63) is 65.7 Å². The van der Waals surface area contributed by atoms with Crippen LogP contribution in [0.2, 0.25) is 0 Å². The van der Waals surface area contributed by atoms with Crippen molar-refractivity contribution in [3.8, 4) is 0 Å². The van der Waals surface area contributed by atoms with Gasteiger partial charge < -0.3 is 4.90 Å². The largest absolute Gasteiger partial charge is 0.300 e. The van der Waals surface area contributed by atoms with Crippen molar-refractivity contribution >= 4 is 0 Å². The number of hydrogen-bond acceptors (Lipinski definition) is 3. The molecule has 3 heterocycles. The molecule has 0 saturated carbocycles. The van der Waals surface area contributed by atoms with Gasteiger partial charge in [0, 0.05) is 31.5 Å². The molecule has 2 aromatic rings. The smallest absolute Gasteiger partial charge is 0.123 e. The molecular formula is C24H32FN3. The van der Waals surface area contributed by atoms with Gasteiger partial charge in [0.1, 0.15) is 5.82 Å². The van der Waals surface area contributed by atoms with Gasteiger partial charge in [0.05, 0.1) is 0 Å². The summed E-state index contributed by atoms with van der Waals surface area (Å²) in [5.41, 5.74) is 2.59. The molecular weight excluding hydrogens is 349 g/mol. The van der Waals surface area contributed by atoms with E-state index >= 15 is 0 Å². The van der Waals surface area contributed by atoms with E-state index in [1.165, 1.54) is 69.4 Å². The van der Waals surface area contributed by atoms with Crippen molar-refractivity contribution in [1.29, 1.82) is 0 Å². The Morgan fingerprint density at radius 1 is 0.964 bits per heavy atom. The number of aryl methyl sites for hydroxylation is 1. The number of likely N-dealkylation sites (tertiary alicyclic amines) is 2. The van der Waals surface area contributed by atoms with E-state index < -0.39 is 0 Å². The molecule has 2 aliphatic rings. The molecule has 0 bridgehead atoms. The Morgan fingerprint density at radius 2 is 1.79 bits per heavy atom. The van der Waals surface area contributed by atoms with Crippen molar-refractivity contribution in [1.82, 2.24) is 14.8 Å². The fraction of sp³-hybridized carbons (Fsp3) is 0.542. The predicted molar refractivity (Wildman–Crippen MR) is 112 cm³/mol. The second-order valence-corrected chi connectivity index (χ2v) is 8.54. The summed E-state index contributed by atoms with van der Waals surface area (Å²) in [7, 11) is 0. The molecule has 1 atom stereocenters. The van der Waals surface area contributed by atoms with Crippen molar-refractivity contribution < 1.29 is 4.39 Å². The Kier molecular flexibility index (Phi) is 6.71. The second-order valence-electron chi connectivity index (χ2n) is 8.54. The van der Waals surface area contributed by atoms with Crippen LogP contribution in [0.1, 0.15) is 43.2 Å². The molecule has 28 heavy (non-hydrogen) atoms. The summed E-state index contributed by atoms with van der Waals surface area (Å²) in [6, 6.07) is 12.0. The van der Waals surface area contributed by atoms with E-state index in [9.17, 15) is 4.39 Å². The fourth-order valence-corrected chi connectivity index (χ4v) is 4.88. The lowest BCUT2D eigenvalue weighted by atomic mass is 9.89. The number of hydrogen-bond donors (Lipinski definition) is 0. The normalized spacial score (nSPS) is 22.4. The highest BCUT2D eigenvalue weighted by atomic mass is 19.1. The minimum atomic E-state index is -0.137. The highest BCUT2D eigenvalue weighted by Crippen LogP contribution is 2.27. The molecule has 4 heteroatoms. The zero-order valence-electron chi connectivity index (χ0n) is 16.8. The van der Waals surface area contributed by atoms with E-state index in [0.717, 1.165) is 24.9 Å². The zero-order chi connectivity index (χ0) is 19.2. The van der Waals surface area contributed by atoms with Gasteiger partial charge in [-0.2, -0.15) is 0 Å². The molecule has 4 rings (SSSR count). The molecule has 0 N–H and O–H groups in total. The quantitative estimate of drug-likeness (QED) is 0.733. The first-order chi connectivity index (χ1) is 13.8. The summed E-state index contributed by atoms with van der Waals surface area (Å²) in [5, 5.41) is 0. The van der Waals surface area contributed by atoms with Gasteiger partial charge in [0.2, 0.25) is 0 Å². The topological polar surface area (TPSA) is 19.4 Å². The van der Waals surface area contributed by atoms with Crippen LogP contribution in [-0.4, -0.2) is 47.0 Å². The Labute approximate surface area is 168 Å². The lowest BCUT2D eigenvalue weighted by molar-refractivity contribution is 0.0674. The molecule has 2 aliphatic heterocycles. The van der Waals surface area contributed by atoms with Gasteiger partial charge >= 0.3 is 0 Å². The van der Waals surface area contributed by atoms with E-state index in [4.69, 9.17) is 0 Å². The van der Waals surface area contributed by atoms with E-state index in [0.29, 0.717) is 0 Å². The fourth-order valence-electron chi connectivity index (χ4n) is 4.88. The predicted octanol–water partition coefficient (Wildman–Crippen LogP) is 4.53. The van der Waals surface area contributed by atoms with Gasteiger partial charge in [-0.25, -0.2) is 4.39 Å². The summed E-state index contributed by atoms with van der Waals surface area (Å²) in [5.74, 6) is 0.648. The molecule has 0 amide bonds. The Morgan fingerprint density at radius 3 is 2.54 bits per heavy atom. The Bertz CT molecular complexity index is 710. The molecule has 1 aromatic heterocycles. The first-order valence-corrected chi connectivity index (χ1v) is 10.9. The molecule has 0 unspecified atom stereocenters. The lowest BCUT2D eigenvalue weighted by Gasteiger charge is -2.42. The van der Waals surface area contributed by atoms with Gasteiger partial charge in [0.15, 0.2) is 0 Å². The third-order valence-corrected chi connectivity index (χ3v) is 6.51. The number of benzene rings is 1. The second kappa shape index (κ2) is 9.62. The maximum Gasteiger partial charge on any atom is 0.123 e. The highest BCUT2D eigenvalue weighted by Gasteiger charge is 2.28. The van der Waals surface area contributed by atoms with Crippen LogP contribution in [-0.2, 0) is 13.0 Å². The van der Waals surface area contributed by atoms with Crippen LogP contribution in [0.4, 0.5) is 4.39 Å². The van der Waals surface area contributed by atoms with Gasteiger partial charge in [-0.3, -0.25) is 9.88 Å². The van der Waals surface area contributed by atoms with Gasteiger partial charge in [-0.15, -0.1) is 0 Å². The van der Waals surface area contributed by atoms with Crippen LogP contribution in [0, 0.1) is 11.7 Å². The zero-order valence-corrected chi connectivity index (χ0v) is 16.8. The Hall–Kier alpha value is -1.78. The maximum atomic E-state index is 13.1. The molecule has 0 spiro atoms. The number of halogens is 1. The van der Waals surface area contributed by atoms with E-state index in [1.807, 2.05) is 30.6 Å². The average molecular weight is 382 g/mol. The molecule has 1 aromatic carbocycles. The number of rotatable bonds is 6. The summed E-state index contributed by atoms with van der Waals surface area (Å²) in [4.78, 5) is 9.57. The van der Waals surface area contributed by atoms with E-state index in [-0.39, 0.29) is 5.82 Å². The number of pyridine rings is 1. The molecule has 2 saturated heterocycles. The third kappa shape index (κ3) is 5.39. The molecule has 0 radical (unpaired) electrons. The standard InChI is InChI=1S/C24H32FN3/c25-23-9-7-20(8-10-23)5-6-21-4-2-14-28(19-21)24-11-15-27(16-12-24)18-22-3-1-13-26-17-22/h1,3,7-10,13,17,21,24H,2,4-6,11-12,14-16,18-19H2/t21-/m1/s1. The number of aromatic nitrogens is 1. The van der Waals surface area contributed by atoms with Crippen molar-refractivity contribution in [2.45, 2.75) is 51.1 Å². The summed E-state index contributed by atoms with van der Waals surface area (Å²) in [6.07, 6.45) is 11.4. The highest BCUT2D eigenvalue weighted by molar-refractivity contribution is 5.16. The van der Waals surface area contributed by atoms with Crippen LogP contribution >= 0.6 is 0 Å². The van der Waals surface area contributed by atoms with Crippen LogP contribution in [0.25, 0.3) is 0 Å². The maximum absolute atomic E-state index is 13.1. The number of piperidine rings is 2. The number of nitrogens with zero attached hydrogens (tertiary/aromatic N) is 3. The van der Waals surface area contributed by atoms with Crippen LogP contribution in [0.5, 0.6) is 0 Å². The van der Waals surface area contributed by atoms with E-state index in [1.54, 1.807) is 12.1 Å². The third-order valence-electron chi connectivity index (χ3n) is 6.51. The Balaban J connectivity index is 1.22. The van der Waals surface area contributed by atoms with Gasteiger partial charge in [0.25, 0.3) is 0 Å². The van der Waals surface area contributed by atoms with Gasteiger partial charge in [-0.05, 0) is 93.4 Å². The van der Waals surface area contributed by atoms with Crippen molar-refractivity contribution in [3.63, 3.8) is 0 Å². The lowest BCUT2D eigenvalue weighted by Crippen LogP contribution is -2.48. The first-order valence-electron chi connectivity index (χ1n) is 10.9. The molecule has 150 valence electrons. The first kappa shape index (κ1) is 19.5. The van der Waals surface area contributed by atoms with E-state index in [2.05, 4.69) is 20.9 Å². The minimum Gasteiger partial charge on any atom is -0.300 e. The van der Waals surface area contributed by atoms with Crippen LogP contribution < -0.4 is 0 Å². The summed E-state index contributed by atoms with van der Waals surface area (Å²) >= 11 is 0. The minimum absolute atomic E-state index is 0.137. The van der Waals surface area contributed by atoms with Gasteiger partial charge in [-0.1, -0.05) is 18.2 Å². The summed E-state index contributed by atoms with van der Waals surface area (Å²) < 4.78 is 13.1. The monoisotopic (exact) mass is 381 g/mol. The van der Waals surface area contributed by atoms with Crippen molar-refractivity contribution in [2.24, 2.45) is 5.92 Å². The van der Waals surface area contributed by atoms with Crippen LogP contribution in [0.3, 0.4) is 0 Å². The molecule has 0 aliphatic carbocycles. The van der Waals surface area contributed by atoms with Crippen molar-refractivity contribution in [2.75, 3.05) is 26.2 Å².